The predicted octanol–water partition coefficient (Wildman–Crippen LogP) is -1.01. The van der Waals surface area contributed by atoms with Gasteiger partial charge in [-0.25, -0.2) is 8.42 Å². The van der Waals surface area contributed by atoms with Gasteiger partial charge in [0, 0.05) is 5.39 Å². The molecule has 0 unspecified atom stereocenters. The van der Waals surface area contributed by atoms with Gasteiger partial charge in [0.25, 0.3) is 15.9 Å². The van der Waals surface area contributed by atoms with Crippen molar-refractivity contribution in [1.82, 2.24) is 16.2 Å². The highest BCUT2D eigenvalue weighted by Gasteiger charge is 2.36. The third-order valence-electron chi connectivity index (χ3n) is 4.19. The molecular formula is C17H22N5O3S2+. The van der Waals surface area contributed by atoms with Gasteiger partial charge in [-0.2, -0.15) is 0 Å². The normalized spacial score (nSPS) is 14.4. The molecule has 1 aliphatic heterocycles. The number of hydrazine groups is 1. The first-order valence-corrected chi connectivity index (χ1v) is 10.3. The molecule has 0 atom stereocenters. The Bertz CT molecular complexity index is 986. The maximum Gasteiger partial charge on any atom is 0.265 e. The molecule has 10 heteroatoms. The van der Waals surface area contributed by atoms with Gasteiger partial charge in [-0.05, 0) is 29.7 Å². The van der Waals surface area contributed by atoms with E-state index in [9.17, 15) is 13.2 Å². The molecule has 1 aliphatic rings. The van der Waals surface area contributed by atoms with Gasteiger partial charge in [0.1, 0.15) is 6.54 Å². The van der Waals surface area contributed by atoms with Crippen LogP contribution < -0.4 is 25.4 Å². The number of anilines is 1. The van der Waals surface area contributed by atoms with Crippen molar-refractivity contribution < 1.29 is 18.1 Å². The monoisotopic (exact) mass is 408 g/mol. The molecule has 0 bridgehead atoms. The van der Waals surface area contributed by atoms with Crippen molar-refractivity contribution >= 4 is 49.7 Å². The Morgan fingerprint density at radius 2 is 1.85 bits per heavy atom. The number of quaternary nitrogens is 1. The zero-order chi connectivity index (χ0) is 19.6. The van der Waals surface area contributed by atoms with Gasteiger partial charge in [0.15, 0.2) is 5.11 Å². The lowest BCUT2D eigenvalue weighted by atomic mass is 10.1. The van der Waals surface area contributed by atoms with Crippen molar-refractivity contribution in [2.45, 2.75) is 4.90 Å². The van der Waals surface area contributed by atoms with Crippen LogP contribution >= 0.6 is 12.2 Å². The van der Waals surface area contributed by atoms with Gasteiger partial charge in [0.05, 0.1) is 37.8 Å². The third kappa shape index (κ3) is 3.97. The van der Waals surface area contributed by atoms with Crippen LogP contribution in [0, 0.1) is 0 Å². The minimum absolute atomic E-state index is 0.222. The molecule has 1 heterocycles. The average molecular weight is 409 g/mol. The number of benzene rings is 2. The molecule has 3 rings (SSSR count). The Labute approximate surface area is 163 Å². The second kappa shape index (κ2) is 7.67. The molecule has 0 aliphatic carbocycles. The number of thiocarbonyl (C=S) groups is 1. The summed E-state index contributed by atoms with van der Waals surface area (Å²) in [6.45, 7) is 1.18. The number of hydrogen-bond acceptors (Lipinski definition) is 4. The predicted molar refractivity (Wildman–Crippen MR) is 108 cm³/mol. The van der Waals surface area contributed by atoms with Crippen LogP contribution in [0.25, 0.3) is 10.8 Å². The van der Waals surface area contributed by atoms with E-state index in [-0.39, 0.29) is 16.6 Å². The van der Waals surface area contributed by atoms with Crippen LogP contribution in [-0.4, -0.2) is 53.2 Å². The summed E-state index contributed by atoms with van der Waals surface area (Å²) in [4.78, 5) is 13.8. The summed E-state index contributed by atoms with van der Waals surface area (Å²) in [5, 5.41) is 4.70. The van der Waals surface area contributed by atoms with Crippen molar-refractivity contribution in [3.8, 4) is 0 Å². The van der Waals surface area contributed by atoms with E-state index >= 15 is 0 Å². The van der Waals surface area contributed by atoms with E-state index in [1.807, 2.05) is 26.2 Å². The molecular weight excluding hydrogens is 386 g/mol. The fraction of sp³-hybridized carbons (Fsp3) is 0.294. The van der Waals surface area contributed by atoms with Crippen LogP contribution in [0.15, 0.2) is 41.3 Å². The Morgan fingerprint density at radius 3 is 2.56 bits per heavy atom. The number of sulfonamides is 1. The van der Waals surface area contributed by atoms with E-state index in [4.69, 9.17) is 12.2 Å². The van der Waals surface area contributed by atoms with Crippen LogP contribution in [-0.2, 0) is 14.8 Å². The second-order valence-corrected chi connectivity index (χ2v) is 8.77. The molecule has 4 N–H and O–H groups in total. The maximum atomic E-state index is 12.8. The summed E-state index contributed by atoms with van der Waals surface area (Å²) < 4.78 is 26.8. The SMILES string of the molecule is C[NH+](C)CCNC(=S)NNC(=O)CN1c2cccc3cccc(c23)S1(=O)=O. The third-order valence-corrected chi connectivity index (χ3v) is 6.24. The zero-order valence-electron chi connectivity index (χ0n) is 15.1. The largest absolute Gasteiger partial charge is 0.356 e. The average Bonchev–Trinajstić information content (AvgIpc) is 2.83. The van der Waals surface area contributed by atoms with E-state index in [2.05, 4.69) is 16.2 Å². The lowest BCUT2D eigenvalue weighted by molar-refractivity contribution is -0.856. The molecule has 27 heavy (non-hydrogen) atoms. The van der Waals surface area contributed by atoms with Crippen LogP contribution in [0.3, 0.4) is 0 Å². The number of nitrogens with zero attached hydrogens (tertiary/aromatic N) is 1. The Balaban J connectivity index is 1.65. The second-order valence-electron chi connectivity index (χ2n) is 6.53. The van der Waals surface area contributed by atoms with Crippen molar-refractivity contribution in [2.24, 2.45) is 0 Å². The first-order chi connectivity index (χ1) is 12.8. The van der Waals surface area contributed by atoms with Gasteiger partial charge < -0.3 is 10.2 Å². The Morgan fingerprint density at radius 1 is 1.15 bits per heavy atom. The van der Waals surface area contributed by atoms with Crippen LogP contribution in [0.2, 0.25) is 0 Å². The molecule has 1 amide bonds. The lowest BCUT2D eigenvalue weighted by Gasteiger charge is -2.19. The highest BCUT2D eigenvalue weighted by Crippen LogP contribution is 2.41. The van der Waals surface area contributed by atoms with E-state index < -0.39 is 15.9 Å². The fourth-order valence-electron chi connectivity index (χ4n) is 2.90. The summed E-state index contributed by atoms with van der Waals surface area (Å²) in [5.41, 5.74) is 5.54. The van der Waals surface area contributed by atoms with Crippen molar-refractivity contribution in [1.29, 1.82) is 0 Å². The number of nitrogens with one attached hydrogen (secondary N) is 4. The van der Waals surface area contributed by atoms with E-state index in [0.29, 0.717) is 17.6 Å². The smallest absolute Gasteiger partial charge is 0.265 e. The van der Waals surface area contributed by atoms with Gasteiger partial charge in [-0.1, -0.05) is 24.3 Å². The first kappa shape index (κ1) is 19.3. The van der Waals surface area contributed by atoms with Gasteiger partial charge in [-0.3, -0.25) is 20.0 Å². The highest BCUT2D eigenvalue weighted by atomic mass is 32.2. The summed E-state index contributed by atoms with van der Waals surface area (Å²) in [5.74, 6) is -0.509. The Hall–Kier alpha value is -2.43. The zero-order valence-corrected chi connectivity index (χ0v) is 16.7. The minimum atomic E-state index is -3.76. The molecule has 8 nitrogen and oxygen atoms in total. The fourth-order valence-corrected chi connectivity index (χ4v) is 4.71. The van der Waals surface area contributed by atoms with Crippen LogP contribution in [0.1, 0.15) is 0 Å². The Kier molecular flexibility index (Phi) is 5.49. The van der Waals surface area contributed by atoms with E-state index in [0.717, 1.165) is 16.2 Å². The number of carbonyl (C=O) groups is 1. The number of carbonyl (C=O) groups excluding carboxylic acids is 1. The summed E-state index contributed by atoms with van der Waals surface area (Å²) in [7, 11) is 0.283. The standard InChI is InChI=1S/C17H21N5O3S2/c1-21(2)10-9-18-17(26)20-19-15(23)11-22-13-7-3-5-12-6-4-8-14(16(12)13)27(22,24)25/h3-8H,9-11H2,1-2H3,(H,19,23)(H2,18,20,26)/p+1. The summed E-state index contributed by atoms with van der Waals surface area (Å²) in [6, 6.07) is 10.4. The molecule has 2 aromatic rings. The molecule has 0 saturated heterocycles. The molecule has 0 radical (unpaired) electrons. The highest BCUT2D eigenvalue weighted by molar-refractivity contribution is 7.93. The van der Waals surface area contributed by atoms with Gasteiger partial charge in [0.2, 0.25) is 0 Å². The summed E-state index contributed by atoms with van der Waals surface area (Å²) in [6.07, 6.45) is 0. The quantitative estimate of drug-likeness (QED) is 0.374. The number of amides is 1. The van der Waals surface area contributed by atoms with Crippen LogP contribution in [0.4, 0.5) is 5.69 Å². The van der Waals surface area contributed by atoms with E-state index in [1.54, 1.807) is 24.3 Å². The van der Waals surface area contributed by atoms with Crippen LogP contribution in [0.5, 0.6) is 0 Å². The van der Waals surface area contributed by atoms with Crippen molar-refractivity contribution in [2.75, 3.05) is 38.0 Å². The molecule has 0 aromatic heterocycles. The molecule has 144 valence electrons. The van der Waals surface area contributed by atoms with Crippen molar-refractivity contribution in [3.05, 3.63) is 36.4 Å². The first-order valence-electron chi connectivity index (χ1n) is 8.47. The van der Waals surface area contributed by atoms with Gasteiger partial charge in [-0.15, -0.1) is 0 Å². The van der Waals surface area contributed by atoms with Gasteiger partial charge >= 0.3 is 0 Å². The minimum Gasteiger partial charge on any atom is -0.356 e. The molecule has 0 saturated carbocycles. The maximum absolute atomic E-state index is 12.8. The molecule has 0 spiro atoms. The molecule has 2 aromatic carbocycles. The van der Waals surface area contributed by atoms with E-state index in [1.165, 1.54) is 4.90 Å². The summed E-state index contributed by atoms with van der Waals surface area (Å²) >= 11 is 5.08. The van der Waals surface area contributed by atoms with Crippen molar-refractivity contribution in [3.63, 3.8) is 0 Å². The topological polar surface area (TPSA) is 95.0 Å². The molecule has 0 fully saturated rings. The lowest BCUT2D eigenvalue weighted by Crippen LogP contribution is -3.06. The number of likely N-dealkylation sites (N-methyl/N-ethyl adjacent to an activating group) is 1. The number of hydrogen-bond donors (Lipinski definition) is 4. The number of rotatable bonds is 5.